The minimum atomic E-state index is -4.35. The molecule has 0 aliphatic heterocycles. The van der Waals surface area contributed by atoms with E-state index in [-0.39, 0.29) is 29.1 Å². The molecule has 0 saturated carbocycles. The molecule has 1 atom stereocenters. The Kier molecular flexibility index (Phi) is 6.94. The maximum Gasteiger partial charge on any atom is 0.446 e. The second kappa shape index (κ2) is 7.16. The summed E-state index contributed by atoms with van der Waals surface area (Å²) >= 11 is -0.254. The summed E-state index contributed by atoms with van der Waals surface area (Å²) in [5.74, 6) is 0. The first-order valence-electron chi connectivity index (χ1n) is 4.67. The predicted octanol–water partition coefficient (Wildman–Crippen LogP) is 4.38. The quantitative estimate of drug-likeness (QED) is 0.660. The summed E-state index contributed by atoms with van der Waals surface area (Å²) < 4.78 is 60.1. The first-order valence-corrected chi connectivity index (χ1v) is 5.49. The molecule has 0 unspecified atom stereocenters. The minimum absolute atomic E-state index is 0. The van der Waals surface area contributed by atoms with Gasteiger partial charge < -0.3 is 5.73 Å². The van der Waals surface area contributed by atoms with Crippen LogP contribution in [0.1, 0.15) is 18.0 Å². The summed E-state index contributed by atoms with van der Waals surface area (Å²) in [6.07, 6.45) is -3.04. The van der Waals surface area contributed by atoms with E-state index in [2.05, 4.69) is 0 Å². The third kappa shape index (κ3) is 6.42. The molecule has 0 radical (unpaired) electrons. The normalized spacial score (nSPS) is 13.3. The van der Waals surface area contributed by atoms with Gasteiger partial charge in [-0.3, -0.25) is 0 Å². The third-order valence-electron chi connectivity index (χ3n) is 1.97. The van der Waals surface area contributed by atoms with Crippen molar-refractivity contribution in [1.82, 2.24) is 0 Å². The third-order valence-corrected chi connectivity index (χ3v) is 2.71. The van der Waals surface area contributed by atoms with E-state index in [0.29, 0.717) is 5.56 Å². The fourth-order valence-electron chi connectivity index (χ4n) is 1.24. The molecular formula is C10H11ClF5NS. The van der Waals surface area contributed by atoms with E-state index < -0.39 is 24.4 Å². The highest BCUT2D eigenvalue weighted by molar-refractivity contribution is 8.00. The Bertz CT molecular complexity index is 354. The van der Waals surface area contributed by atoms with Gasteiger partial charge in [0.05, 0.1) is 0 Å². The molecule has 2 N–H and O–H groups in total. The van der Waals surface area contributed by atoms with Crippen LogP contribution >= 0.6 is 24.2 Å². The molecule has 1 aromatic rings. The van der Waals surface area contributed by atoms with Gasteiger partial charge in [-0.2, -0.15) is 13.2 Å². The van der Waals surface area contributed by atoms with Gasteiger partial charge in [-0.15, -0.1) is 12.4 Å². The SMILES string of the molecule is Cl.N[C@@H](CC(F)F)c1ccc(SC(F)(F)F)cc1. The van der Waals surface area contributed by atoms with E-state index in [4.69, 9.17) is 5.73 Å². The summed E-state index contributed by atoms with van der Waals surface area (Å²) in [5, 5.41) is 0. The van der Waals surface area contributed by atoms with Crippen molar-refractivity contribution >= 4 is 24.2 Å². The number of rotatable bonds is 4. The Balaban J connectivity index is 0.00000289. The Morgan fingerprint density at radius 2 is 1.61 bits per heavy atom. The number of halogens is 6. The molecule has 0 saturated heterocycles. The van der Waals surface area contributed by atoms with E-state index in [1.165, 1.54) is 24.3 Å². The van der Waals surface area contributed by atoms with E-state index in [1.807, 2.05) is 0 Å². The average molecular weight is 308 g/mol. The zero-order chi connectivity index (χ0) is 13.1. The largest absolute Gasteiger partial charge is 0.446 e. The maximum absolute atomic E-state index is 12.0. The molecule has 104 valence electrons. The van der Waals surface area contributed by atoms with Crippen LogP contribution in [-0.2, 0) is 0 Å². The number of hydrogen-bond acceptors (Lipinski definition) is 2. The molecule has 1 aromatic carbocycles. The number of thioether (sulfide) groups is 1. The predicted molar refractivity (Wildman–Crippen MR) is 63.2 cm³/mol. The summed E-state index contributed by atoms with van der Waals surface area (Å²) in [4.78, 5) is 0.00509. The van der Waals surface area contributed by atoms with Crippen molar-refractivity contribution in [3.63, 3.8) is 0 Å². The van der Waals surface area contributed by atoms with E-state index in [0.717, 1.165) is 0 Å². The van der Waals surface area contributed by atoms with Gasteiger partial charge in [0.15, 0.2) is 0 Å². The van der Waals surface area contributed by atoms with Crippen LogP contribution in [0.4, 0.5) is 22.0 Å². The van der Waals surface area contributed by atoms with Crippen molar-refractivity contribution < 1.29 is 22.0 Å². The molecular weight excluding hydrogens is 297 g/mol. The van der Waals surface area contributed by atoms with Crippen LogP contribution in [0.3, 0.4) is 0 Å². The summed E-state index contributed by atoms with van der Waals surface area (Å²) in [7, 11) is 0. The first kappa shape index (κ1) is 17.5. The van der Waals surface area contributed by atoms with Gasteiger partial charge in [0.1, 0.15) is 0 Å². The minimum Gasteiger partial charge on any atom is -0.324 e. The molecule has 0 amide bonds. The highest BCUT2D eigenvalue weighted by Gasteiger charge is 2.29. The Morgan fingerprint density at radius 1 is 1.11 bits per heavy atom. The van der Waals surface area contributed by atoms with Crippen molar-refractivity contribution in [3.8, 4) is 0 Å². The number of benzene rings is 1. The average Bonchev–Trinajstić information content (AvgIpc) is 2.15. The van der Waals surface area contributed by atoms with Crippen molar-refractivity contribution in [2.75, 3.05) is 0 Å². The Labute approximate surface area is 111 Å². The van der Waals surface area contributed by atoms with Crippen LogP contribution in [0.25, 0.3) is 0 Å². The van der Waals surface area contributed by atoms with Crippen LogP contribution in [-0.4, -0.2) is 11.9 Å². The lowest BCUT2D eigenvalue weighted by Gasteiger charge is -2.12. The molecule has 1 nitrogen and oxygen atoms in total. The lowest BCUT2D eigenvalue weighted by atomic mass is 10.1. The fourth-order valence-corrected chi connectivity index (χ4v) is 1.78. The van der Waals surface area contributed by atoms with Gasteiger partial charge in [-0.1, -0.05) is 12.1 Å². The van der Waals surface area contributed by atoms with Crippen LogP contribution in [0, 0.1) is 0 Å². The lowest BCUT2D eigenvalue weighted by Crippen LogP contribution is -2.13. The molecule has 18 heavy (non-hydrogen) atoms. The monoisotopic (exact) mass is 307 g/mol. The van der Waals surface area contributed by atoms with Gasteiger partial charge in [0.25, 0.3) is 0 Å². The van der Waals surface area contributed by atoms with E-state index >= 15 is 0 Å². The topological polar surface area (TPSA) is 26.0 Å². The Morgan fingerprint density at radius 3 is 2.00 bits per heavy atom. The zero-order valence-corrected chi connectivity index (χ0v) is 10.6. The summed E-state index contributed by atoms with van der Waals surface area (Å²) in [6, 6.07) is 4.25. The molecule has 1 rings (SSSR count). The molecule has 0 aromatic heterocycles. The van der Waals surface area contributed by atoms with Gasteiger partial charge in [0.2, 0.25) is 6.43 Å². The Hall–Kier alpha value is -0.530. The van der Waals surface area contributed by atoms with Crippen LogP contribution in [0.5, 0.6) is 0 Å². The van der Waals surface area contributed by atoms with Gasteiger partial charge in [0, 0.05) is 17.4 Å². The smallest absolute Gasteiger partial charge is 0.324 e. The maximum atomic E-state index is 12.0. The molecule has 0 aliphatic carbocycles. The molecule has 0 aliphatic rings. The zero-order valence-electron chi connectivity index (χ0n) is 8.95. The van der Waals surface area contributed by atoms with Gasteiger partial charge in [-0.05, 0) is 29.5 Å². The van der Waals surface area contributed by atoms with Crippen LogP contribution in [0.2, 0.25) is 0 Å². The fraction of sp³-hybridized carbons (Fsp3) is 0.400. The summed E-state index contributed by atoms with van der Waals surface area (Å²) in [5.41, 5.74) is 1.51. The van der Waals surface area contributed by atoms with Crippen LogP contribution < -0.4 is 5.73 Å². The van der Waals surface area contributed by atoms with Gasteiger partial charge >= 0.3 is 5.51 Å². The second-order valence-corrected chi connectivity index (χ2v) is 4.49. The molecule has 0 heterocycles. The van der Waals surface area contributed by atoms with E-state index in [9.17, 15) is 22.0 Å². The van der Waals surface area contributed by atoms with E-state index in [1.54, 1.807) is 0 Å². The number of hydrogen-bond donors (Lipinski definition) is 1. The highest BCUT2D eigenvalue weighted by atomic mass is 35.5. The standard InChI is InChI=1S/C10H10F5NS.ClH/c11-9(12)5-8(16)6-1-3-7(4-2-6)17-10(13,14)15;/h1-4,8-9H,5,16H2;1H/t8-;/m0./s1. The number of alkyl halides is 5. The van der Waals surface area contributed by atoms with Crippen molar-refractivity contribution in [2.45, 2.75) is 29.3 Å². The molecule has 8 heteroatoms. The lowest BCUT2D eigenvalue weighted by molar-refractivity contribution is -0.0328. The molecule has 0 bridgehead atoms. The molecule has 0 spiro atoms. The summed E-state index contributed by atoms with van der Waals surface area (Å²) in [6.45, 7) is 0. The van der Waals surface area contributed by atoms with Crippen molar-refractivity contribution in [2.24, 2.45) is 5.73 Å². The van der Waals surface area contributed by atoms with Crippen molar-refractivity contribution in [1.29, 1.82) is 0 Å². The second-order valence-electron chi connectivity index (χ2n) is 3.35. The molecule has 0 fully saturated rings. The van der Waals surface area contributed by atoms with Crippen LogP contribution in [0.15, 0.2) is 29.2 Å². The van der Waals surface area contributed by atoms with Crippen molar-refractivity contribution in [3.05, 3.63) is 29.8 Å². The number of nitrogens with two attached hydrogens (primary N) is 1. The van der Waals surface area contributed by atoms with Gasteiger partial charge in [-0.25, -0.2) is 8.78 Å². The highest BCUT2D eigenvalue weighted by Crippen LogP contribution is 2.37. The first-order chi connectivity index (χ1) is 7.78.